The molecule has 0 amide bonds. The van der Waals surface area contributed by atoms with Crippen LogP contribution in [0.15, 0.2) is 24.3 Å². The number of nitrogens with zero attached hydrogens (tertiary/aromatic N) is 1. The second-order valence-electron chi connectivity index (χ2n) is 4.20. The molecule has 0 bridgehead atoms. The summed E-state index contributed by atoms with van der Waals surface area (Å²) in [5.41, 5.74) is 6.99. The molecule has 0 aromatic heterocycles. The third-order valence-corrected chi connectivity index (χ3v) is 3.16. The van der Waals surface area contributed by atoms with E-state index in [1.165, 1.54) is 5.69 Å². The molecule has 1 aliphatic carbocycles. The number of methoxy groups -OCH3 is 1. The summed E-state index contributed by atoms with van der Waals surface area (Å²) in [6, 6.07) is 9.12. The molecule has 2 rings (SSSR count). The van der Waals surface area contributed by atoms with E-state index in [0.717, 1.165) is 18.6 Å². The highest BCUT2D eigenvalue weighted by Crippen LogP contribution is 2.29. The quantitative estimate of drug-likeness (QED) is 0.816. The molecule has 82 valence electrons. The van der Waals surface area contributed by atoms with E-state index in [9.17, 15) is 0 Å². The molecule has 0 saturated heterocycles. The Morgan fingerprint density at radius 2 is 2.13 bits per heavy atom. The lowest BCUT2D eigenvalue weighted by Gasteiger charge is -2.40. The topological polar surface area (TPSA) is 38.5 Å². The number of hydrogen-bond acceptors (Lipinski definition) is 3. The van der Waals surface area contributed by atoms with Crippen LogP contribution in [0.4, 0.5) is 5.69 Å². The van der Waals surface area contributed by atoms with Gasteiger partial charge in [0, 0.05) is 30.9 Å². The normalized spacial score (nSPS) is 24.5. The average Bonchev–Trinajstić information content (AvgIpc) is 2.24. The molecule has 0 atom stereocenters. The Morgan fingerprint density at radius 3 is 2.73 bits per heavy atom. The highest BCUT2D eigenvalue weighted by Gasteiger charge is 2.29. The second-order valence-corrected chi connectivity index (χ2v) is 4.20. The van der Waals surface area contributed by atoms with Gasteiger partial charge in [-0.25, -0.2) is 0 Å². The van der Waals surface area contributed by atoms with Gasteiger partial charge in [0.1, 0.15) is 5.75 Å². The van der Waals surface area contributed by atoms with Gasteiger partial charge in [-0.15, -0.1) is 0 Å². The van der Waals surface area contributed by atoms with Gasteiger partial charge in [-0.2, -0.15) is 0 Å². The van der Waals surface area contributed by atoms with Crippen LogP contribution in [0.5, 0.6) is 5.75 Å². The standard InChI is InChI=1S/C12H18N2O/c1-14(11-6-9(13)7-11)10-4-3-5-12(8-10)15-2/h3-5,8-9,11H,6-7,13H2,1-2H3. The van der Waals surface area contributed by atoms with Gasteiger partial charge in [0.2, 0.25) is 0 Å². The molecule has 0 radical (unpaired) electrons. The van der Waals surface area contributed by atoms with Crippen LogP contribution in [0, 0.1) is 0 Å². The lowest BCUT2D eigenvalue weighted by molar-refractivity contribution is 0.339. The summed E-state index contributed by atoms with van der Waals surface area (Å²) in [6.07, 6.45) is 2.18. The summed E-state index contributed by atoms with van der Waals surface area (Å²) in [5, 5.41) is 0. The SMILES string of the molecule is COc1cccc(N(C)C2CC(N)C2)c1. The molecular formula is C12H18N2O. The number of hydrogen-bond donors (Lipinski definition) is 1. The molecule has 1 aromatic rings. The third-order valence-electron chi connectivity index (χ3n) is 3.16. The van der Waals surface area contributed by atoms with Crippen molar-refractivity contribution in [3.8, 4) is 5.75 Å². The monoisotopic (exact) mass is 206 g/mol. The summed E-state index contributed by atoms with van der Waals surface area (Å²) < 4.78 is 5.21. The maximum absolute atomic E-state index is 5.79. The van der Waals surface area contributed by atoms with Crippen molar-refractivity contribution >= 4 is 5.69 Å². The summed E-state index contributed by atoms with van der Waals surface area (Å²) in [7, 11) is 3.81. The van der Waals surface area contributed by atoms with Gasteiger partial charge in [0.05, 0.1) is 7.11 Å². The Balaban J connectivity index is 2.08. The number of nitrogens with two attached hydrogens (primary N) is 1. The van der Waals surface area contributed by atoms with Crippen LogP contribution in [0.25, 0.3) is 0 Å². The fourth-order valence-corrected chi connectivity index (χ4v) is 1.99. The van der Waals surface area contributed by atoms with E-state index < -0.39 is 0 Å². The zero-order valence-corrected chi connectivity index (χ0v) is 9.31. The first-order valence-electron chi connectivity index (χ1n) is 5.33. The molecule has 0 heterocycles. The predicted octanol–water partition coefficient (Wildman–Crippen LogP) is 1.62. The van der Waals surface area contributed by atoms with Crippen molar-refractivity contribution in [2.75, 3.05) is 19.1 Å². The Bertz CT molecular complexity index is 334. The first-order chi connectivity index (χ1) is 7.20. The lowest BCUT2D eigenvalue weighted by Crippen LogP contribution is -2.49. The minimum Gasteiger partial charge on any atom is -0.497 e. The fraction of sp³-hybridized carbons (Fsp3) is 0.500. The molecule has 0 unspecified atom stereocenters. The van der Waals surface area contributed by atoms with Gasteiger partial charge in [-0.3, -0.25) is 0 Å². The Hall–Kier alpha value is -1.22. The van der Waals surface area contributed by atoms with Gasteiger partial charge in [-0.1, -0.05) is 6.07 Å². The van der Waals surface area contributed by atoms with Crippen LogP contribution in [-0.4, -0.2) is 26.2 Å². The van der Waals surface area contributed by atoms with Crippen LogP contribution < -0.4 is 15.4 Å². The molecule has 2 N–H and O–H groups in total. The number of rotatable bonds is 3. The smallest absolute Gasteiger partial charge is 0.120 e. The van der Waals surface area contributed by atoms with E-state index in [4.69, 9.17) is 10.5 Å². The fourth-order valence-electron chi connectivity index (χ4n) is 1.99. The largest absolute Gasteiger partial charge is 0.497 e. The van der Waals surface area contributed by atoms with Gasteiger partial charge in [0.15, 0.2) is 0 Å². The van der Waals surface area contributed by atoms with E-state index in [0.29, 0.717) is 12.1 Å². The molecule has 3 nitrogen and oxygen atoms in total. The summed E-state index contributed by atoms with van der Waals surface area (Å²) in [4.78, 5) is 2.28. The molecular weight excluding hydrogens is 188 g/mol. The molecule has 1 saturated carbocycles. The number of benzene rings is 1. The zero-order valence-electron chi connectivity index (χ0n) is 9.31. The van der Waals surface area contributed by atoms with Gasteiger partial charge in [-0.05, 0) is 25.0 Å². The van der Waals surface area contributed by atoms with Crippen LogP contribution >= 0.6 is 0 Å². The Kier molecular flexibility index (Phi) is 2.82. The average molecular weight is 206 g/mol. The van der Waals surface area contributed by atoms with Gasteiger partial charge >= 0.3 is 0 Å². The van der Waals surface area contributed by atoms with E-state index >= 15 is 0 Å². The third kappa shape index (κ3) is 2.07. The maximum Gasteiger partial charge on any atom is 0.120 e. The van der Waals surface area contributed by atoms with Crippen molar-refractivity contribution in [2.45, 2.75) is 24.9 Å². The Labute approximate surface area is 90.8 Å². The minimum atomic E-state index is 0.392. The van der Waals surface area contributed by atoms with E-state index in [-0.39, 0.29) is 0 Å². The molecule has 3 heteroatoms. The van der Waals surface area contributed by atoms with Gasteiger partial charge in [0.25, 0.3) is 0 Å². The molecule has 0 spiro atoms. The predicted molar refractivity (Wildman–Crippen MR) is 62.4 cm³/mol. The minimum absolute atomic E-state index is 0.392. The molecule has 1 aromatic carbocycles. The molecule has 1 fully saturated rings. The lowest BCUT2D eigenvalue weighted by atomic mass is 9.86. The molecule has 0 aliphatic heterocycles. The van der Waals surface area contributed by atoms with Crippen molar-refractivity contribution in [3.05, 3.63) is 24.3 Å². The zero-order chi connectivity index (χ0) is 10.8. The molecule has 1 aliphatic rings. The maximum atomic E-state index is 5.79. The highest BCUT2D eigenvalue weighted by molar-refractivity contribution is 5.51. The first kappa shape index (κ1) is 10.3. The molecule has 15 heavy (non-hydrogen) atoms. The Morgan fingerprint density at radius 1 is 1.40 bits per heavy atom. The summed E-state index contributed by atoms with van der Waals surface area (Å²) >= 11 is 0. The van der Waals surface area contributed by atoms with Crippen molar-refractivity contribution < 1.29 is 4.74 Å². The van der Waals surface area contributed by atoms with Gasteiger partial charge < -0.3 is 15.4 Å². The second kappa shape index (κ2) is 4.11. The van der Waals surface area contributed by atoms with E-state index in [1.807, 2.05) is 12.1 Å². The van der Waals surface area contributed by atoms with Crippen molar-refractivity contribution in [2.24, 2.45) is 5.73 Å². The van der Waals surface area contributed by atoms with Crippen LogP contribution in [-0.2, 0) is 0 Å². The number of anilines is 1. The summed E-state index contributed by atoms with van der Waals surface area (Å²) in [6.45, 7) is 0. The van der Waals surface area contributed by atoms with Crippen LogP contribution in [0.2, 0.25) is 0 Å². The van der Waals surface area contributed by atoms with E-state index in [1.54, 1.807) is 7.11 Å². The van der Waals surface area contributed by atoms with Crippen molar-refractivity contribution in [1.82, 2.24) is 0 Å². The van der Waals surface area contributed by atoms with E-state index in [2.05, 4.69) is 24.1 Å². The van der Waals surface area contributed by atoms with Crippen molar-refractivity contribution in [1.29, 1.82) is 0 Å². The van der Waals surface area contributed by atoms with Crippen molar-refractivity contribution in [3.63, 3.8) is 0 Å². The van der Waals surface area contributed by atoms with Crippen LogP contribution in [0.1, 0.15) is 12.8 Å². The summed E-state index contributed by atoms with van der Waals surface area (Å²) in [5.74, 6) is 0.906. The highest BCUT2D eigenvalue weighted by atomic mass is 16.5. The van der Waals surface area contributed by atoms with Crippen LogP contribution in [0.3, 0.4) is 0 Å². The first-order valence-corrected chi connectivity index (χ1v) is 5.33. The number of ether oxygens (including phenoxy) is 1.